The molecule has 160 valence electrons. The molecule has 0 spiro atoms. The van der Waals surface area contributed by atoms with Gasteiger partial charge in [0.15, 0.2) is 5.69 Å². The highest BCUT2D eigenvalue weighted by molar-refractivity contribution is 6.30. The molecule has 0 saturated heterocycles. The molecule has 4 rings (SSSR count). The van der Waals surface area contributed by atoms with Gasteiger partial charge in [0.05, 0.1) is 29.1 Å². The van der Waals surface area contributed by atoms with E-state index in [4.69, 9.17) is 11.6 Å². The van der Waals surface area contributed by atoms with E-state index in [-0.39, 0.29) is 12.2 Å². The predicted molar refractivity (Wildman–Crippen MR) is 110 cm³/mol. The summed E-state index contributed by atoms with van der Waals surface area (Å²) in [4.78, 5) is 12.4. The highest BCUT2D eigenvalue weighted by Crippen LogP contribution is 2.30. The maximum atomic E-state index is 13.2. The van der Waals surface area contributed by atoms with Crippen LogP contribution in [0.5, 0.6) is 0 Å². The quantitative estimate of drug-likeness (QED) is 0.473. The van der Waals surface area contributed by atoms with Gasteiger partial charge in [0, 0.05) is 23.7 Å². The molecule has 2 amide bonds. The molecule has 4 aromatic rings. The summed E-state index contributed by atoms with van der Waals surface area (Å²) in [6.45, 7) is -0.190. The highest BCUT2D eigenvalue weighted by Gasteiger charge is 2.35. The van der Waals surface area contributed by atoms with Crippen LogP contribution in [0, 0.1) is 0 Å². The minimum absolute atomic E-state index is 0.143. The van der Waals surface area contributed by atoms with Crippen molar-refractivity contribution in [3.63, 3.8) is 0 Å². The van der Waals surface area contributed by atoms with E-state index in [9.17, 15) is 18.0 Å². The fraction of sp³-hybridized carbons (Fsp3) is 0.150. The minimum atomic E-state index is -4.63. The molecular formula is C20H16ClF3N6O. The monoisotopic (exact) mass is 448 g/mol. The van der Waals surface area contributed by atoms with Gasteiger partial charge in [0.1, 0.15) is 0 Å². The molecule has 0 unspecified atom stereocenters. The van der Waals surface area contributed by atoms with Crippen LogP contribution in [0.4, 0.5) is 23.7 Å². The standard InChI is InChI=1S/C20H16ClF3N6O/c1-29-11-15-16(6-3-7-17(15)27-29)26-19(31)25-10-14-9-18(20(22,23)24)28-30(14)13-5-2-4-12(21)8-13/h2-9,11H,10H2,1H3,(H2,25,26,31). The maximum Gasteiger partial charge on any atom is 0.435 e. The fourth-order valence-electron chi connectivity index (χ4n) is 3.12. The van der Waals surface area contributed by atoms with Crippen molar-refractivity contribution >= 4 is 34.2 Å². The Kier molecular flexibility index (Phi) is 5.32. The number of aromatic nitrogens is 4. The van der Waals surface area contributed by atoms with Crippen molar-refractivity contribution in [3.8, 4) is 5.69 Å². The van der Waals surface area contributed by atoms with E-state index in [1.54, 1.807) is 54.3 Å². The van der Waals surface area contributed by atoms with Gasteiger partial charge in [0.25, 0.3) is 0 Å². The van der Waals surface area contributed by atoms with Gasteiger partial charge in [-0.1, -0.05) is 23.7 Å². The Morgan fingerprint density at radius 1 is 1.13 bits per heavy atom. The summed E-state index contributed by atoms with van der Waals surface area (Å²) in [5.74, 6) is 0. The Hall–Kier alpha value is -3.53. The molecule has 31 heavy (non-hydrogen) atoms. The Balaban J connectivity index is 1.56. The second-order valence-electron chi connectivity index (χ2n) is 6.76. The van der Waals surface area contributed by atoms with Crippen molar-refractivity contribution in [1.82, 2.24) is 24.9 Å². The molecule has 0 radical (unpaired) electrons. The van der Waals surface area contributed by atoms with Crippen LogP contribution in [0.1, 0.15) is 11.4 Å². The largest absolute Gasteiger partial charge is 0.435 e. The molecular weight excluding hydrogens is 433 g/mol. The van der Waals surface area contributed by atoms with Crippen molar-refractivity contribution in [2.75, 3.05) is 5.32 Å². The molecule has 0 atom stereocenters. The number of fused-ring (bicyclic) bond motifs is 1. The zero-order valence-electron chi connectivity index (χ0n) is 16.1. The Morgan fingerprint density at radius 3 is 2.65 bits per heavy atom. The molecule has 7 nitrogen and oxygen atoms in total. The van der Waals surface area contributed by atoms with Crippen molar-refractivity contribution in [3.05, 3.63) is 71.1 Å². The lowest BCUT2D eigenvalue weighted by Gasteiger charge is -2.10. The average molecular weight is 449 g/mol. The number of hydrogen-bond donors (Lipinski definition) is 2. The van der Waals surface area contributed by atoms with Gasteiger partial charge in [0.2, 0.25) is 0 Å². The number of nitrogens with one attached hydrogen (secondary N) is 2. The topological polar surface area (TPSA) is 76.8 Å². The van der Waals surface area contributed by atoms with E-state index in [2.05, 4.69) is 20.8 Å². The fourth-order valence-corrected chi connectivity index (χ4v) is 3.31. The molecule has 0 fully saturated rings. The Morgan fingerprint density at radius 2 is 1.90 bits per heavy atom. The molecule has 2 N–H and O–H groups in total. The van der Waals surface area contributed by atoms with Crippen LogP contribution in [0.25, 0.3) is 16.6 Å². The minimum Gasteiger partial charge on any atom is -0.332 e. The molecule has 2 aromatic heterocycles. The molecule has 0 bridgehead atoms. The number of nitrogens with zero attached hydrogens (tertiary/aromatic N) is 4. The first-order valence-corrected chi connectivity index (χ1v) is 9.48. The van der Waals surface area contributed by atoms with Gasteiger partial charge >= 0.3 is 12.2 Å². The number of hydrogen-bond acceptors (Lipinski definition) is 3. The first-order chi connectivity index (χ1) is 14.7. The molecule has 11 heteroatoms. The second kappa shape index (κ2) is 7.95. The number of rotatable bonds is 4. The lowest BCUT2D eigenvalue weighted by Crippen LogP contribution is -2.29. The van der Waals surface area contributed by atoms with Crippen LogP contribution >= 0.6 is 11.6 Å². The summed E-state index contributed by atoms with van der Waals surface area (Å²) in [7, 11) is 1.76. The smallest absolute Gasteiger partial charge is 0.332 e. The van der Waals surface area contributed by atoms with Gasteiger partial charge in [-0.2, -0.15) is 23.4 Å². The van der Waals surface area contributed by atoms with Crippen LogP contribution in [-0.2, 0) is 19.8 Å². The number of alkyl halides is 3. The molecule has 0 aliphatic rings. The van der Waals surface area contributed by atoms with Gasteiger partial charge in [-0.15, -0.1) is 0 Å². The third kappa shape index (κ3) is 4.48. The van der Waals surface area contributed by atoms with E-state index in [1.165, 1.54) is 6.07 Å². The Bertz CT molecular complexity index is 1260. The van der Waals surface area contributed by atoms with Crippen LogP contribution in [0.15, 0.2) is 54.7 Å². The molecule has 2 aromatic carbocycles. The summed E-state index contributed by atoms with van der Waals surface area (Å²) in [6, 6.07) is 11.8. The van der Waals surface area contributed by atoms with E-state index in [0.717, 1.165) is 16.1 Å². The molecule has 0 aliphatic carbocycles. The number of carbonyl (C=O) groups excluding carboxylic acids is 1. The lowest BCUT2D eigenvalue weighted by atomic mass is 10.2. The molecule has 0 aliphatic heterocycles. The lowest BCUT2D eigenvalue weighted by molar-refractivity contribution is -0.141. The van der Waals surface area contributed by atoms with Crippen molar-refractivity contribution in [2.45, 2.75) is 12.7 Å². The summed E-state index contributed by atoms with van der Waals surface area (Å²) in [6.07, 6.45) is -2.87. The first-order valence-electron chi connectivity index (χ1n) is 9.10. The van der Waals surface area contributed by atoms with Crippen LogP contribution in [0.3, 0.4) is 0 Å². The third-order valence-corrected chi connectivity index (χ3v) is 4.70. The van der Waals surface area contributed by atoms with E-state index in [0.29, 0.717) is 21.9 Å². The number of carbonyl (C=O) groups is 1. The van der Waals surface area contributed by atoms with Crippen molar-refractivity contribution in [1.29, 1.82) is 0 Å². The SMILES string of the molecule is Cn1cc2c(NC(=O)NCc3cc(C(F)(F)F)nn3-c3cccc(Cl)c3)cccc2n1. The van der Waals surface area contributed by atoms with E-state index >= 15 is 0 Å². The highest BCUT2D eigenvalue weighted by atomic mass is 35.5. The van der Waals surface area contributed by atoms with Crippen LogP contribution < -0.4 is 10.6 Å². The first kappa shape index (κ1) is 20.7. The summed E-state index contributed by atoms with van der Waals surface area (Å²) in [5, 5.41) is 14.3. The molecule has 0 saturated carbocycles. The summed E-state index contributed by atoms with van der Waals surface area (Å²) < 4.78 is 42.3. The third-order valence-electron chi connectivity index (χ3n) is 4.47. The average Bonchev–Trinajstić information content (AvgIpc) is 3.30. The number of halogens is 4. The second-order valence-corrected chi connectivity index (χ2v) is 7.20. The van der Waals surface area contributed by atoms with Gasteiger partial charge < -0.3 is 10.6 Å². The van der Waals surface area contributed by atoms with Gasteiger partial charge in [-0.25, -0.2) is 9.48 Å². The van der Waals surface area contributed by atoms with Crippen LogP contribution in [0.2, 0.25) is 5.02 Å². The van der Waals surface area contributed by atoms with Crippen molar-refractivity contribution < 1.29 is 18.0 Å². The summed E-state index contributed by atoms with van der Waals surface area (Å²) in [5.41, 5.74) is 0.658. The van der Waals surface area contributed by atoms with E-state index < -0.39 is 17.9 Å². The van der Waals surface area contributed by atoms with Gasteiger partial charge in [-0.05, 0) is 36.4 Å². The van der Waals surface area contributed by atoms with Gasteiger partial charge in [-0.3, -0.25) is 4.68 Å². The number of benzene rings is 2. The normalized spacial score (nSPS) is 11.6. The number of amides is 2. The summed E-state index contributed by atoms with van der Waals surface area (Å²) >= 11 is 5.96. The zero-order chi connectivity index (χ0) is 22.2. The number of urea groups is 1. The van der Waals surface area contributed by atoms with Crippen LogP contribution in [-0.4, -0.2) is 25.6 Å². The molecule has 2 heterocycles. The Labute approximate surface area is 179 Å². The number of aryl methyl sites for hydroxylation is 1. The van der Waals surface area contributed by atoms with E-state index in [1.807, 2.05) is 0 Å². The maximum absolute atomic E-state index is 13.2. The predicted octanol–water partition coefficient (Wildman–Crippen LogP) is 4.75. The number of anilines is 1. The van der Waals surface area contributed by atoms with Crippen molar-refractivity contribution in [2.24, 2.45) is 7.05 Å². The zero-order valence-corrected chi connectivity index (χ0v) is 16.9.